The normalized spacial score (nSPS) is 15.6. The molecule has 33 heavy (non-hydrogen) atoms. The number of hydrogen-bond donors (Lipinski definition) is 2. The molecule has 0 aliphatic carbocycles. The largest absolute Gasteiger partial charge is 0.464 e. The van der Waals surface area contributed by atoms with E-state index in [1.807, 2.05) is 42.0 Å². The van der Waals surface area contributed by atoms with Crippen molar-refractivity contribution in [1.82, 2.24) is 14.5 Å². The van der Waals surface area contributed by atoms with E-state index in [2.05, 4.69) is 27.1 Å². The summed E-state index contributed by atoms with van der Waals surface area (Å²) < 4.78 is 7.61. The predicted molar refractivity (Wildman–Crippen MR) is 129 cm³/mol. The van der Waals surface area contributed by atoms with Gasteiger partial charge >= 0.3 is 0 Å². The number of nitrogens with two attached hydrogens (primary N) is 1. The first kappa shape index (κ1) is 19.5. The predicted octanol–water partition coefficient (Wildman–Crippen LogP) is 5.10. The van der Waals surface area contributed by atoms with Crippen LogP contribution in [0.1, 0.15) is 30.9 Å². The fourth-order valence-corrected chi connectivity index (χ4v) is 4.59. The van der Waals surface area contributed by atoms with Crippen LogP contribution in [0.4, 0.5) is 0 Å². The average molecular weight is 435 g/mol. The Morgan fingerprint density at radius 3 is 2.91 bits per heavy atom. The first-order valence-electron chi connectivity index (χ1n) is 10.8. The number of aliphatic imine (C=N–C) groups is 1. The van der Waals surface area contributed by atoms with E-state index >= 15 is 0 Å². The standard InChI is InChI=1S/C26H21N5O2/c1-2-6-28-13-21(27)15-3-4-23-18(10-15)20-12-16(22-14-29-7-8-30-22)11-19-17-5-9-33-25(17)26(32)31(23)24(19)20/h3-14,26,32H,2,27H2,1H3/b21-13-,28-6?. The number of benzene rings is 2. The topological polar surface area (TPSA) is 102 Å². The lowest BCUT2D eigenvalue weighted by molar-refractivity contribution is 0.128. The molecule has 3 aromatic heterocycles. The minimum Gasteiger partial charge on any atom is -0.464 e. The number of nitrogens with zero attached hydrogens (tertiary/aromatic N) is 4. The van der Waals surface area contributed by atoms with Crippen molar-refractivity contribution in [3.63, 3.8) is 0 Å². The lowest BCUT2D eigenvalue weighted by Crippen LogP contribution is -2.13. The van der Waals surface area contributed by atoms with Crippen LogP contribution < -0.4 is 5.73 Å². The van der Waals surface area contributed by atoms with Gasteiger partial charge in [-0.15, -0.1) is 0 Å². The van der Waals surface area contributed by atoms with Crippen LogP contribution in [0.15, 0.2) is 76.9 Å². The van der Waals surface area contributed by atoms with Crippen molar-refractivity contribution in [1.29, 1.82) is 0 Å². The maximum Gasteiger partial charge on any atom is 0.191 e. The summed E-state index contributed by atoms with van der Waals surface area (Å²) in [5, 5.41) is 13.2. The summed E-state index contributed by atoms with van der Waals surface area (Å²) in [4.78, 5) is 13.0. The molecule has 1 aliphatic heterocycles. The van der Waals surface area contributed by atoms with Crippen molar-refractivity contribution in [2.24, 2.45) is 10.7 Å². The second-order valence-electron chi connectivity index (χ2n) is 8.01. The molecule has 5 aromatic rings. The van der Waals surface area contributed by atoms with Crippen molar-refractivity contribution < 1.29 is 9.52 Å². The highest BCUT2D eigenvalue weighted by Crippen LogP contribution is 2.47. The van der Waals surface area contributed by atoms with Gasteiger partial charge in [-0.1, -0.05) is 13.0 Å². The molecule has 1 unspecified atom stereocenters. The molecule has 162 valence electrons. The molecule has 3 N–H and O–H groups in total. The van der Waals surface area contributed by atoms with Crippen molar-refractivity contribution in [2.45, 2.75) is 19.6 Å². The van der Waals surface area contributed by atoms with E-state index in [0.717, 1.165) is 56.2 Å². The van der Waals surface area contributed by atoms with Gasteiger partial charge in [0.05, 0.1) is 34.9 Å². The van der Waals surface area contributed by atoms with Gasteiger partial charge in [-0.25, -0.2) is 0 Å². The van der Waals surface area contributed by atoms with E-state index in [0.29, 0.717) is 11.5 Å². The number of aliphatic hydroxyl groups is 1. The van der Waals surface area contributed by atoms with Gasteiger partial charge in [-0.2, -0.15) is 0 Å². The Bertz CT molecular complexity index is 1580. The summed E-state index contributed by atoms with van der Waals surface area (Å²) >= 11 is 0. The van der Waals surface area contributed by atoms with Crippen LogP contribution in [0.25, 0.3) is 49.9 Å². The maximum atomic E-state index is 11.2. The fraction of sp³-hybridized carbons (Fsp3) is 0.115. The number of aliphatic hydroxyl groups excluding tert-OH is 1. The quantitative estimate of drug-likeness (QED) is 0.382. The molecular weight excluding hydrogens is 414 g/mol. The highest BCUT2D eigenvalue weighted by Gasteiger charge is 2.31. The van der Waals surface area contributed by atoms with E-state index in [-0.39, 0.29) is 0 Å². The van der Waals surface area contributed by atoms with Gasteiger partial charge in [0.1, 0.15) is 0 Å². The lowest BCUT2D eigenvalue weighted by atomic mass is 9.95. The van der Waals surface area contributed by atoms with Gasteiger partial charge in [-0.05, 0) is 42.3 Å². The highest BCUT2D eigenvalue weighted by molar-refractivity contribution is 6.15. The third kappa shape index (κ3) is 2.90. The number of furan rings is 1. The first-order valence-corrected chi connectivity index (χ1v) is 10.8. The molecule has 0 bridgehead atoms. The van der Waals surface area contributed by atoms with Crippen molar-refractivity contribution in [3.8, 4) is 22.4 Å². The summed E-state index contributed by atoms with van der Waals surface area (Å²) in [6, 6.07) is 12.1. The van der Waals surface area contributed by atoms with Gasteiger partial charge in [0.2, 0.25) is 0 Å². The number of rotatable bonds is 4. The Labute approximate surface area is 189 Å². The van der Waals surface area contributed by atoms with Gasteiger partial charge < -0.3 is 19.8 Å². The second-order valence-corrected chi connectivity index (χ2v) is 8.01. The maximum absolute atomic E-state index is 11.2. The van der Waals surface area contributed by atoms with Gasteiger partial charge in [0.25, 0.3) is 0 Å². The van der Waals surface area contributed by atoms with Gasteiger partial charge in [-0.3, -0.25) is 15.0 Å². The molecule has 7 heteroatoms. The van der Waals surface area contributed by atoms with Crippen LogP contribution in [0, 0.1) is 0 Å². The lowest BCUT2D eigenvalue weighted by Gasteiger charge is -2.22. The van der Waals surface area contributed by atoms with Crippen LogP contribution in [-0.4, -0.2) is 25.9 Å². The zero-order chi connectivity index (χ0) is 22.5. The summed E-state index contributed by atoms with van der Waals surface area (Å²) in [5.74, 6) is 0.523. The van der Waals surface area contributed by atoms with E-state index in [1.165, 1.54) is 0 Å². The molecule has 4 heterocycles. The Morgan fingerprint density at radius 2 is 2.09 bits per heavy atom. The number of aromatic nitrogens is 3. The third-order valence-corrected chi connectivity index (χ3v) is 6.06. The van der Waals surface area contributed by atoms with Crippen LogP contribution >= 0.6 is 0 Å². The summed E-state index contributed by atoms with van der Waals surface area (Å²) in [6.07, 6.45) is 10.1. The molecule has 0 fully saturated rings. The zero-order valence-electron chi connectivity index (χ0n) is 17.9. The molecular formula is C26H21N5O2. The molecule has 1 atom stereocenters. The minimum atomic E-state index is -0.919. The Balaban J connectivity index is 1.68. The molecule has 0 saturated carbocycles. The van der Waals surface area contributed by atoms with Crippen LogP contribution in [0.2, 0.25) is 0 Å². The number of hydrogen-bond acceptors (Lipinski definition) is 6. The second kappa shape index (κ2) is 7.43. The van der Waals surface area contributed by atoms with Crippen molar-refractivity contribution >= 4 is 33.7 Å². The van der Waals surface area contributed by atoms with E-state index in [4.69, 9.17) is 10.2 Å². The molecule has 0 amide bonds. The van der Waals surface area contributed by atoms with E-state index < -0.39 is 6.23 Å². The molecule has 6 rings (SSSR count). The monoisotopic (exact) mass is 435 g/mol. The number of fused-ring (bicyclic) bond motifs is 5. The molecule has 1 aliphatic rings. The Kier molecular flexibility index (Phi) is 4.38. The van der Waals surface area contributed by atoms with Crippen LogP contribution in [-0.2, 0) is 0 Å². The summed E-state index contributed by atoms with van der Waals surface area (Å²) in [7, 11) is 0. The average Bonchev–Trinajstić information content (AvgIpc) is 3.47. The SMILES string of the molecule is CCC=N/C=C(\N)c1ccc2c(c1)c1cc(-c3cnccn3)cc3c1n2C(O)c1occc1-3. The van der Waals surface area contributed by atoms with E-state index in [9.17, 15) is 5.11 Å². The Hall–Kier alpha value is -4.23. The summed E-state index contributed by atoms with van der Waals surface area (Å²) in [6.45, 7) is 2.03. The Morgan fingerprint density at radius 1 is 1.18 bits per heavy atom. The van der Waals surface area contributed by atoms with Gasteiger partial charge in [0.15, 0.2) is 12.0 Å². The molecule has 0 radical (unpaired) electrons. The molecule has 2 aromatic carbocycles. The van der Waals surface area contributed by atoms with Crippen molar-refractivity contribution in [2.75, 3.05) is 0 Å². The van der Waals surface area contributed by atoms with Crippen molar-refractivity contribution in [3.05, 3.63) is 78.8 Å². The zero-order valence-corrected chi connectivity index (χ0v) is 17.9. The fourth-order valence-electron chi connectivity index (χ4n) is 4.59. The van der Waals surface area contributed by atoms with Gasteiger partial charge in [0, 0.05) is 52.3 Å². The molecule has 0 saturated heterocycles. The van der Waals surface area contributed by atoms with E-state index in [1.54, 1.807) is 31.1 Å². The summed E-state index contributed by atoms with van der Waals surface area (Å²) in [5.41, 5.74) is 13.2. The molecule has 0 spiro atoms. The smallest absolute Gasteiger partial charge is 0.191 e. The van der Waals surface area contributed by atoms with Crippen LogP contribution in [0.5, 0.6) is 0 Å². The first-order chi connectivity index (χ1) is 16.2. The molecule has 7 nitrogen and oxygen atoms in total. The third-order valence-electron chi connectivity index (χ3n) is 6.06. The highest BCUT2D eigenvalue weighted by atomic mass is 16.4. The minimum absolute atomic E-state index is 0.523. The van der Waals surface area contributed by atoms with Crippen LogP contribution in [0.3, 0.4) is 0 Å².